The van der Waals surface area contributed by atoms with Gasteiger partial charge in [-0.25, -0.2) is 0 Å². The number of rotatable bonds is 5. The van der Waals surface area contributed by atoms with Gasteiger partial charge in [0, 0.05) is 18.2 Å². The quantitative estimate of drug-likeness (QED) is 0.868. The molecule has 4 heteroatoms. The van der Waals surface area contributed by atoms with Gasteiger partial charge < -0.3 is 15.7 Å². The first-order valence-corrected chi connectivity index (χ1v) is 7.44. The molecule has 110 valence electrons. The molecule has 2 rings (SSSR count). The molecular formula is C16H24N2O2. The summed E-state index contributed by atoms with van der Waals surface area (Å²) in [6.07, 6.45) is 5.41. The molecule has 0 saturated heterocycles. The van der Waals surface area contributed by atoms with Crippen molar-refractivity contribution in [2.75, 3.05) is 13.1 Å². The molecule has 0 unspecified atom stereocenters. The molecule has 0 radical (unpaired) electrons. The van der Waals surface area contributed by atoms with Gasteiger partial charge in [0.05, 0.1) is 0 Å². The van der Waals surface area contributed by atoms with Crippen molar-refractivity contribution < 1.29 is 9.90 Å². The Morgan fingerprint density at radius 1 is 1.40 bits per heavy atom. The minimum atomic E-state index is 0.0721. The summed E-state index contributed by atoms with van der Waals surface area (Å²) in [6, 6.07) is 5.29. The van der Waals surface area contributed by atoms with Crippen molar-refractivity contribution in [2.45, 2.75) is 45.1 Å². The minimum absolute atomic E-state index is 0.0721. The number of phenolic OH excluding ortho intramolecular Hbond substituents is 1. The summed E-state index contributed by atoms with van der Waals surface area (Å²) in [6.45, 7) is 3.19. The molecule has 0 atom stereocenters. The number of hydrogen-bond acceptors (Lipinski definition) is 3. The molecule has 0 heterocycles. The van der Waals surface area contributed by atoms with Crippen LogP contribution in [0.3, 0.4) is 0 Å². The molecular weight excluding hydrogens is 252 g/mol. The number of aryl methyl sites for hydroxylation is 1. The highest BCUT2D eigenvalue weighted by molar-refractivity contribution is 5.96. The van der Waals surface area contributed by atoms with Crippen LogP contribution < -0.4 is 5.73 Å². The molecule has 20 heavy (non-hydrogen) atoms. The second-order valence-electron chi connectivity index (χ2n) is 5.58. The Morgan fingerprint density at radius 2 is 2.10 bits per heavy atom. The van der Waals surface area contributed by atoms with Crippen LogP contribution in [-0.2, 0) is 0 Å². The summed E-state index contributed by atoms with van der Waals surface area (Å²) in [5, 5.41) is 9.47. The van der Waals surface area contributed by atoms with E-state index in [0.29, 0.717) is 18.2 Å². The topological polar surface area (TPSA) is 66.6 Å². The third-order valence-corrected chi connectivity index (χ3v) is 4.07. The van der Waals surface area contributed by atoms with Gasteiger partial charge in [-0.15, -0.1) is 0 Å². The Hall–Kier alpha value is -1.55. The first-order valence-electron chi connectivity index (χ1n) is 7.44. The summed E-state index contributed by atoms with van der Waals surface area (Å²) in [5.74, 6) is 0.274. The lowest BCUT2D eigenvalue weighted by Gasteiger charge is -2.29. The van der Waals surface area contributed by atoms with Crippen LogP contribution in [0.25, 0.3) is 0 Å². The van der Waals surface area contributed by atoms with Crippen LogP contribution >= 0.6 is 0 Å². The van der Waals surface area contributed by atoms with Crippen LogP contribution in [0.15, 0.2) is 18.2 Å². The Kier molecular flexibility index (Phi) is 5.01. The fourth-order valence-electron chi connectivity index (χ4n) is 2.97. The zero-order valence-electron chi connectivity index (χ0n) is 12.1. The van der Waals surface area contributed by atoms with E-state index < -0.39 is 0 Å². The van der Waals surface area contributed by atoms with Gasteiger partial charge >= 0.3 is 0 Å². The number of nitrogens with zero attached hydrogens (tertiary/aromatic N) is 1. The lowest BCUT2D eigenvalue weighted by Crippen LogP contribution is -2.40. The Balaban J connectivity index is 2.20. The summed E-state index contributed by atoms with van der Waals surface area (Å²) in [5.41, 5.74) is 7.10. The smallest absolute Gasteiger partial charge is 0.254 e. The lowest BCUT2D eigenvalue weighted by molar-refractivity contribution is 0.0679. The highest BCUT2D eigenvalue weighted by Crippen LogP contribution is 2.26. The van der Waals surface area contributed by atoms with Crippen LogP contribution in [0.5, 0.6) is 5.75 Å². The number of hydrogen-bond donors (Lipinski definition) is 2. The zero-order chi connectivity index (χ0) is 14.5. The monoisotopic (exact) mass is 276 g/mol. The standard InChI is InChI=1S/C16H24N2O2/c1-12-11-14(19)7-8-15(12)16(20)18(10-4-9-17)13-5-2-3-6-13/h7-8,11,13,19H,2-6,9-10,17H2,1H3. The molecule has 4 nitrogen and oxygen atoms in total. The van der Waals surface area contributed by atoms with E-state index in [2.05, 4.69) is 0 Å². The van der Waals surface area contributed by atoms with Crippen molar-refractivity contribution in [3.05, 3.63) is 29.3 Å². The molecule has 0 bridgehead atoms. The fraction of sp³-hybridized carbons (Fsp3) is 0.562. The highest BCUT2D eigenvalue weighted by Gasteiger charge is 2.27. The first-order chi connectivity index (χ1) is 9.63. The number of benzene rings is 1. The van der Waals surface area contributed by atoms with E-state index in [1.165, 1.54) is 12.8 Å². The van der Waals surface area contributed by atoms with Crippen molar-refractivity contribution in [3.63, 3.8) is 0 Å². The van der Waals surface area contributed by atoms with Crippen LogP contribution in [0, 0.1) is 6.92 Å². The highest BCUT2D eigenvalue weighted by atomic mass is 16.3. The van der Waals surface area contributed by atoms with Crippen LogP contribution in [0.1, 0.15) is 48.0 Å². The first kappa shape index (κ1) is 14.9. The number of carbonyl (C=O) groups excluding carboxylic acids is 1. The predicted octanol–water partition coefficient (Wildman–Crippen LogP) is 2.43. The normalized spacial score (nSPS) is 15.5. The van der Waals surface area contributed by atoms with Crippen LogP contribution in [0.4, 0.5) is 0 Å². The molecule has 1 aliphatic carbocycles. The molecule has 1 aromatic carbocycles. The number of amides is 1. The number of nitrogens with two attached hydrogens (primary N) is 1. The minimum Gasteiger partial charge on any atom is -0.508 e. The van der Waals surface area contributed by atoms with E-state index >= 15 is 0 Å². The van der Waals surface area contributed by atoms with E-state index in [-0.39, 0.29) is 11.7 Å². The molecule has 1 aliphatic rings. The second kappa shape index (κ2) is 6.75. The Labute approximate surface area is 120 Å². The van der Waals surface area contributed by atoms with Crippen molar-refractivity contribution in [1.29, 1.82) is 0 Å². The van der Waals surface area contributed by atoms with Gasteiger partial charge in [-0.05, 0) is 56.5 Å². The average molecular weight is 276 g/mol. The maximum atomic E-state index is 12.8. The van der Waals surface area contributed by atoms with Gasteiger partial charge in [0.2, 0.25) is 0 Å². The lowest BCUT2D eigenvalue weighted by atomic mass is 10.1. The van der Waals surface area contributed by atoms with Gasteiger partial charge in [0.15, 0.2) is 0 Å². The van der Waals surface area contributed by atoms with Crippen molar-refractivity contribution in [2.24, 2.45) is 5.73 Å². The van der Waals surface area contributed by atoms with Crippen molar-refractivity contribution in [3.8, 4) is 5.75 Å². The maximum Gasteiger partial charge on any atom is 0.254 e. The summed E-state index contributed by atoms with van der Waals surface area (Å²) >= 11 is 0. The third-order valence-electron chi connectivity index (χ3n) is 4.07. The molecule has 1 aromatic rings. The molecule has 0 spiro atoms. The predicted molar refractivity (Wildman–Crippen MR) is 79.8 cm³/mol. The van der Waals surface area contributed by atoms with E-state index in [1.54, 1.807) is 18.2 Å². The largest absolute Gasteiger partial charge is 0.508 e. The van der Waals surface area contributed by atoms with Crippen LogP contribution in [0.2, 0.25) is 0 Å². The van der Waals surface area contributed by atoms with Gasteiger partial charge in [-0.3, -0.25) is 4.79 Å². The molecule has 0 aliphatic heterocycles. The second-order valence-corrected chi connectivity index (χ2v) is 5.58. The van der Waals surface area contributed by atoms with E-state index in [1.807, 2.05) is 11.8 Å². The molecule has 1 amide bonds. The Bertz CT molecular complexity index is 468. The average Bonchev–Trinajstić information content (AvgIpc) is 2.93. The number of phenols is 1. The van der Waals surface area contributed by atoms with Crippen molar-refractivity contribution in [1.82, 2.24) is 4.90 Å². The van der Waals surface area contributed by atoms with E-state index in [4.69, 9.17) is 5.73 Å². The van der Waals surface area contributed by atoms with Gasteiger partial charge in [0.25, 0.3) is 5.91 Å². The molecule has 3 N–H and O–H groups in total. The summed E-state index contributed by atoms with van der Waals surface area (Å²) < 4.78 is 0. The molecule has 1 fully saturated rings. The fourth-order valence-corrected chi connectivity index (χ4v) is 2.97. The number of carbonyl (C=O) groups is 1. The maximum absolute atomic E-state index is 12.8. The summed E-state index contributed by atoms with van der Waals surface area (Å²) in [7, 11) is 0. The van der Waals surface area contributed by atoms with Gasteiger partial charge in [-0.2, -0.15) is 0 Å². The molecule has 0 aromatic heterocycles. The third kappa shape index (κ3) is 3.31. The van der Waals surface area contributed by atoms with Gasteiger partial charge in [0.1, 0.15) is 5.75 Å². The van der Waals surface area contributed by atoms with Crippen molar-refractivity contribution >= 4 is 5.91 Å². The zero-order valence-corrected chi connectivity index (χ0v) is 12.1. The van der Waals surface area contributed by atoms with E-state index in [0.717, 1.165) is 31.4 Å². The Morgan fingerprint density at radius 3 is 2.70 bits per heavy atom. The van der Waals surface area contributed by atoms with E-state index in [9.17, 15) is 9.90 Å². The number of aromatic hydroxyl groups is 1. The summed E-state index contributed by atoms with van der Waals surface area (Å²) in [4.78, 5) is 14.8. The van der Waals surface area contributed by atoms with Crippen LogP contribution in [-0.4, -0.2) is 35.0 Å². The van der Waals surface area contributed by atoms with Gasteiger partial charge in [-0.1, -0.05) is 12.8 Å². The SMILES string of the molecule is Cc1cc(O)ccc1C(=O)N(CCCN)C1CCCC1. The molecule has 1 saturated carbocycles.